The molecular weight excluding hydrogens is 371 g/mol. The van der Waals surface area contributed by atoms with E-state index < -0.39 is 7.73 Å². The molecule has 0 N–H and O–H groups in total. The van der Waals surface area contributed by atoms with Crippen LogP contribution >= 0.6 is 30.7 Å². The molecule has 0 radical (unpaired) electrons. The lowest BCUT2D eigenvalue weighted by Crippen LogP contribution is -1.97. The van der Waals surface area contributed by atoms with Gasteiger partial charge >= 0.3 is 7.73 Å². The zero-order valence-electron chi connectivity index (χ0n) is 13.0. The van der Waals surface area contributed by atoms with E-state index in [0.29, 0.717) is 0 Å². The first-order chi connectivity index (χ1) is 12.3. The average molecular weight is 383 g/mol. The van der Waals surface area contributed by atoms with Gasteiger partial charge in [-0.15, -0.1) is 0 Å². The SMILES string of the molecule is ClP1Oc2ccc3ccccc3c2Sc2c(ccc3ccccc23)O1. The summed E-state index contributed by atoms with van der Waals surface area (Å²) in [5.41, 5.74) is 0. The summed E-state index contributed by atoms with van der Waals surface area (Å²) in [6.07, 6.45) is 0. The molecule has 1 aliphatic rings. The van der Waals surface area contributed by atoms with Crippen LogP contribution in [0.1, 0.15) is 0 Å². The van der Waals surface area contributed by atoms with Gasteiger partial charge in [-0.25, -0.2) is 0 Å². The Labute approximate surface area is 155 Å². The summed E-state index contributed by atoms with van der Waals surface area (Å²) in [4.78, 5) is 2.15. The van der Waals surface area contributed by atoms with E-state index in [-0.39, 0.29) is 0 Å². The summed E-state index contributed by atoms with van der Waals surface area (Å²) in [7, 11) is -1.56. The Kier molecular flexibility index (Phi) is 3.74. The van der Waals surface area contributed by atoms with E-state index in [9.17, 15) is 0 Å². The van der Waals surface area contributed by atoms with E-state index in [2.05, 4.69) is 36.4 Å². The van der Waals surface area contributed by atoms with Gasteiger partial charge in [0.05, 0.1) is 9.79 Å². The summed E-state index contributed by atoms with van der Waals surface area (Å²) >= 11 is 8.04. The van der Waals surface area contributed by atoms with Crippen LogP contribution in [0.25, 0.3) is 21.5 Å². The molecule has 0 saturated carbocycles. The second kappa shape index (κ2) is 6.10. The van der Waals surface area contributed by atoms with Crippen molar-refractivity contribution in [3.8, 4) is 11.5 Å². The van der Waals surface area contributed by atoms with Crippen molar-refractivity contribution >= 4 is 52.3 Å². The van der Waals surface area contributed by atoms with E-state index >= 15 is 0 Å². The summed E-state index contributed by atoms with van der Waals surface area (Å²) in [6.45, 7) is 0. The van der Waals surface area contributed by atoms with Crippen LogP contribution in [0.15, 0.2) is 82.6 Å². The molecule has 4 aromatic rings. The minimum absolute atomic E-state index is 0.767. The number of fused-ring (bicyclic) bond motifs is 6. The molecule has 0 unspecified atom stereocenters. The Morgan fingerprint density at radius 3 is 1.64 bits per heavy atom. The molecule has 4 aromatic carbocycles. The molecule has 0 aromatic heterocycles. The highest BCUT2D eigenvalue weighted by molar-refractivity contribution is 8.00. The first-order valence-electron chi connectivity index (χ1n) is 7.83. The van der Waals surface area contributed by atoms with E-state index in [4.69, 9.17) is 20.3 Å². The molecule has 2 nitrogen and oxygen atoms in total. The molecule has 5 rings (SSSR count). The molecule has 0 amide bonds. The van der Waals surface area contributed by atoms with E-state index in [0.717, 1.165) is 32.1 Å². The van der Waals surface area contributed by atoms with Crippen LogP contribution in [0.2, 0.25) is 0 Å². The van der Waals surface area contributed by atoms with Crippen molar-refractivity contribution in [2.75, 3.05) is 0 Å². The molecule has 0 saturated heterocycles. The lowest BCUT2D eigenvalue weighted by Gasteiger charge is -2.22. The topological polar surface area (TPSA) is 18.5 Å². The Morgan fingerprint density at radius 2 is 1.12 bits per heavy atom. The van der Waals surface area contributed by atoms with Gasteiger partial charge in [-0.2, -0.15) is 0 Å². The molecule has 5 heteroatoms. The van der Waals surface area contributed by atoms with Gasteiger partial charge in [0.15, 0.2) is 0 Å². The zero-order chi connectivity index (χ0) is 16.8. The minimum Gasteiger partial charge on any atom is -0.426 e. The van der Waals surface area contributed by atoms with E-state index in [1.165, 1.54) is 10.8 Å². The summed E-state index contributed by atoms with van der Waals surface area (Å²) in [5, 5.41) is 4.68. The Balaban J connectivity index is 1.82. The molecule has 0 atom stereocenters. The van der Waals surface area contributed by atoms with Crippen LogP contribution in [0, 0.1) is 0 Å². The maximum absolute atomic E-state index is 6.36. The van der Waals surface area contributed by atoms with Crippen molar-refractivity contribution in [3.63, 3.8) is 0 Å². The standard InChI is InChI=1S/C20H12ClO2PS/c21-24-22-17-11-9-13-5-1-3-7-15(13)19(17)25-20-16-8-4-2-6-14(16)10-12-18(20)23-24/h1-12H. The molecule has 0 fully saturated rings. The van der Waals surface area contributed by atoms with Gasteiger partial charge in [0, 0.05) is 0 Å². The van der Waals surface area contributed by atoms with Crippen molar-refractivity contribution < 1.29 is 9.05 Å². The Morgan fingerprint density at radius 1 is 0.640 bits per heavy atom. The number of hydrogen-bond donors (Lipinski definition) is 0. The van der Waals surface area contributed by atoms with Gasteiger partial charge in [0.1, 0.15) is 11.5 Å². The fourth-order valence-corrected chi connectivity index (χ4v) is 5.51. The van der Waals surface area contributed by atoms with Crippen molar-refractivity contribution in [1.82, 2.24) is 0 Å². The molecular formula is C20H12ClO2PS. The van der Waals surface area contributed by atoms with Gasteiger partial charge in [-0.3, -0.25) is 0 Å². The van der Waals surface area contributed by atoms with Gasteiger partial charge in [0.25, 0.3) is 0 Å². The second-order valence-electron chi connectivity index (χ2n) is 5.73. The fraction of sp³-hybridized carbons (Fsp3) is 0. The summed E-state index contributed by atoms with van der Waals surface area (Å²) in [5.74, 6) is 1.53. The molecule has 0 spiro atoms. The smallest absolute Gasteiger partial charge is 0.401 e. The summed E-state index contributed by atoms with van der Waals surface area (Å²) in [6, 6.07) is 24.7. The van der Waals surface area contributed by atoms with Gasteiger partial charge in [-0.05, 0) is 44.9 Å². The Hall–Kier alpha value is -1.93. The van der Waals surface area contributed by atoms with Crippen LogP contribution in [0.4, 0.5) is 0 Å². The van der Waals surface area contributed by atoms with Crippen molar-refractivity contribution in [2.45, 2.75) is 9.79 Å². The van der Waals surface area contributed by atoms with Crippen LogP contribution in [0.3, 0.4) is 0 Å². The molecule has 0 bridgehead atoms. The quantitative estimate of drug-likeness (QED) is 0.295. The van der Waals surface area contributed by atoms with E-state index in [1.54, 1.807) is 11.8 Å². The zero-order valence-corrected chi connectivity index (χ0v) is 15.4. The van der Waals surface area contributed by atoms with Gasteiger partial charge < -0.3 is 9.05 Å². The van der Waals surface area contributed by atoms with Crippen molar-refractivity contribution in [1.29, 1.82) is 0 Å². The lowest BCUT2D eigenvalue weighted by atomic mass is 10.1. The number of benzene rings is 4. The second-order valence-corrected chi connectivity index (χ2v) is 8.36. The van der Waals surface area contributed by atoms with Crippen LogP contribution in [0.5, 0.6) is 11.5 Å². The number of rotatable bonds is 0. The molecule has 122 valence electrons. The maximum atomic E-state index is 6.36. The van der Waals surface area contributed by atoms with E-state index in [1.807, 2.05) is 36.4 Å². The molecule has 1 heterocycles. The first kappa shape index (κ1) is 15.3. The largest absolute Gasteiger partial charge is 0.426 e. The molecule has 25 heavy (non-hydrogen) atoms. The third-order valence-electron chi connectivity index (χ3n) is 4.23. The fourth-order valence-electron chi connectivity index (χ4n) is 3.08. The summed E-state index contributed by atoms with van der Waals surface area (Å²) < 4.78 is 11.8. The molecule has 1 aliphatic heterocycles. The van der Waals surface area contributed by atoms with Crippen LogP contribution < -0.4 is 9.05 Å². The highest BCUT2D eigenvalue weighted by atomic mass is 35.7. The average Bonchev–Trinajstić information content (AvgIpc) is 2.63. The predicted octanol–water partition coefficient (Wildman–Crippen LogP) is 7.38. The van der Waals surface area contributed by atoms with Gasteiger partial charge in [-0.1, -0.05) is 72.4 Å². The first-order valence-corrected chi connectivity index (χ1v) is 10.7. The number of hydrogen-bond acceptors (Lipinski definition) is 3. The highest BCUT2D eigenvalue weighted by Crippen LogP contribution is 2.56. The maximum Gasteiger partial charge on any atom is 0.401 e. The van der Waals surface area contributed by atoms with Crippen LogP contribution in [-0.4, -0.2) is 0 Å². The van der Waals surface area contributed by atoms with Crippen LogP contribution in [-0.2, 0) is 0 Å². The van der Waals surface area contributed by atoms with Crippen molar-refractivity contribution in [2.24, 2.45) is 0 Å². The predicted molar refractivity (Wildman–Crippen MR) is 106 cm³/mol. The normalized spacial score (nSPS) is 14.1. The number of halogens is 1. The van der Waals surface area contributed by atoms with Crippen molar-refractivity contribution in [3.05, 3.63) is 72.8 Å². The minimum atomic E-state index is -1.56. The molecule has 0 aliphatic carbocycles. The monoisotopic (exact) mass is 382 g/mol. The Bertz CT molecular complexity index is 1030. The lowest BCUT2D eigenvalue weighted by molar-refractivity contribution is 0.494. The highest BCUT2D eigenvalue weighted by Gasteiger charge is 2.24. The third-order valence-corrected chi connectivity index (χ3v) is 6.58. The third kappa shape index (κ3) is 2.64. The van der Waals surface area contributed by atoms with Gasteiger partial charge in [0.2, 0.25) is 0 Å².